The van der Waals surface area contributed by atoms with Crippen LogP contribution in [0.4, 0.5) is 0 Å². The minimum Gasteiger partial charge on any atom is -0.504 e. The lowest BCUT2D eigenvalue weighted by Gasteiger charge is -2.36. The summed E-state index contributed by atoms with van der Waals surface area (Å²) in [6.07, 6.45) is 3.02. The molecule has 0 spiro atoms. The van der Waals surface area contributed by atoms with Gasteiger partial charge in [-0.2, -0.15) is 0 Å². The largest absolute Gasteiger partial charge is 0.504 e. The third kappa shape index (κ3) is 5.00. The van der Waals surface area contributed by atoms with E-state index in [-0.39, 0.29) is 23.6 Å². The lowest BCUT2D eigenvalue weighted by atomic mass is 9.87. The van der Waals surface area contributed by atoms with Crippen molar-refractivity contribution in [1.82, 2.24) is 10.2 Å². The monoisotopic (exact) mass is 580 g/mol. The summed E-state index contributed by atoms with van der Waals surface area (Å²) in [4.78, 5) is 2.29. The number of nitrogens with zero attached hydrogens (tertiary/aromatic N) is 1. The Balaban J connectivity index is 1.41. The van der Waals surface area contributed by atoms with E-state index in [0.29, 0.717) is 40.9 Å². The molecule has 0 saturated carbocycles. The average Bonchev–Trinajstić information content (AvgIpc) is 3.01. The SMILES string of the molecule is COc1ccc2cc1Oc1cc3c(cc1O)CCNC3Cc1ccc(cc1)Oc1c(O)c(OC)cc3c1C(C2)N(C)CC3. The number of phenolic OH excluding ortho intramolecular Hbond substituents is 2. The minimum atomic E-state index is -0.0843. The van der Waals surface area contributed by atoms with Crippen LogP contribution in [0.1, 0.15) is 45.5 Å². The minimum absolute atomic E-state index is 0.00770. The first-order chi connectivity index (χ1) is 20.9. The predicted octanol–water partition coefficient (Wildman–Crippen LogP) is 6.21. The van der Waals surface area contributed by atoms with E-state index in [2.05, 4.69) is 29.4 Å². The zero-order valence-corrected chi connectivity index (χ0v) is 24.6. The Labute approximate surface area is 251 Å². The van der Waals surface area contributed by atoms with Crippen molar-refractivity contribution in [3.63, 3.8) is 0 Å². The summed E-state index contributed by atoms with van der Waals surface area (Å²) >= 11 is 0. The van der Waals surface area contributed by atoms with Gasteiger partial charge in [0.05, 0.1) is 14.2 Å². The van der Waals surface area contributed by atoms with Crippen LogP contribution in [0.25, 0.3) is 0 Å². The number of ether oxygens (including phenoxy) is 4. The summed E-state index contributed by atoms with van der Waals surface area (Å²) in [5.74, 6) is 3.07. The van der Waals surface area contributed by atoms with Crippen molar-refractivity contribution in [3.8, 4) is 46.0 Å². The Bertz CT molecular complexity index is 1690. The maximum atomic E-state index is 11.4. The van der Waals surface area contributed by atoms with Gasteiger partial charge >= 0.3 is 0 Å². The molecule has 222 valence electrons. The fraction of sp³-hybridized carbons (Fsp3) is 0.314. The highest BCUT2D eigenvalue weighted by molar-refractivity contribution is 5.62. The lowest BCUT2D eigenvalue weighted by molar-refractivity contribution is 0.222. The number of likely N-dealkylation sites (N-methyl/N-ethyl adjacent to an activating group) is 1. The molecule has 0 saturated heterocycles. The van der Waals surface area contributed by atoms with Crippen LogP contribution in [0.15, 0.2) is 60.7 Å². The van der Waals surface area contributed by atoms with Crippen LogP contribution in [0.5, 0.6) is 46.0 Å². The number of phenols is 2. The van der Waals surface area contributed by atoms with Gasteiger partial charge in [0.1, 0.15) is 5.75 Å². The molecule has 0 aliphatic carbocycles. The molecule has 6 bridgehead atoms. The van der Waals surface area contributed by atoms with Gasteiger partial charge in [-0.1, -0.05) is 18.2 Å². The molecule has 4 aliphatic heterocycles. The second-order valence-electron chi connectivity index (χ2n) is 11.6. The Morgan fingerprint density at radius 1 is 0.814 bits per heavy atom. The molecule has 0 radical (unpaired) electrons. The summed E-state index contributed by atoms with van der Waals surface area (Å²) in [7, 11) is 5.27. The number of benzene rings is 4. The smallest absolute Gasteiger partial charge is 0.201 e. The van der Waals surface area contributed by atoms with E-state index in [9.17, 15) is 10.2 Å². The first-order valence-electron chi connectivity index (χ1n) is 14.8. The van der Waals surface area contributed by atoms with E-state index in [1.165, 1.54) is 0 Å². The molecule has 8 nitrogen and oxygen atoms in total. The molecular formula is C35H36N2O6. The molecule has 0 amide bonds. The number of hydrogen-bond acceptors (Lipinski definition) is 8. The van der Waals surface area contributed by atoms with E-state index in [4.69, 9.17) is 18.9 Å². The molecule has 4 aliphatic rings. The van der Waals surface area contributed by atoms with Crippen LogP contribution in [-0.4, -0.2) is 49.5 Å². The van der Waals surface area contributed by atoms with Crippen LogP contribution in [0, 0.1) is 0 Å². The van der Waals surface area contributed by atoms with Crippen LogP contribution >= 0.6 is 0 Å². The molecule has 0 aromatic heterocycles. The molecule has 4 heterocycles. The maximum absolute atomic E-state index is 11.4. The van der Waals surface area contributed by atoms with E-state index in [1.807, 2.05) is 48.5 Å². The molecule has 8 rings (SSSR count). The summed E-state index contributed by atoms with van der Waals surface area (Å²) in [5, 5.41) is 26.0. The molecule has 4 aromatic rings. The van der Waals surface area contributed by atoms with Crippen molar-refractivity contribution in [2.24, 2.45) is 0 Å². The van der Waals surface area contributed by atoms with Gasteiger partial charge in [-0.15, -0.1) is 0 Å². The Morgan fingerprint density at radius 3 is 2.40 bits per heavy atom. The highest BCUT2D eigenvalue weighted by atomic mass is 16.5. The molecule has 2 atom stereocenters. The van der Waals surface area contributed by atoms with Gasteiger partial charge in [0, 0.05) is 24.2 Å². The molecular weight excluding hydrogens is 544 g/mol. The van der Waals surface area contributed by atoms with Gasteiger partial charge < -0.3 is 34.5 Å². The fourth-order valence-electron chi connectivity index (χ4n) is 6.69. The summed E-state index contributed by atoms with van der Waals surface area (Å²) < 4.78 is 24.1. The van der Waals surface area contributed by atoms with E-state index in [1.54, 1.807) is 14.2 Å². The van der Waals surface area contributed by atoms with Gasteiger partial charge in [0.2, 0.25) is 5.75 Å². The van der Waals surface area contributed by atoms with E-state index in [0.717, 1.165) is 65.7 Å². The van der Waals surface area contributed by atoms with Crippen molar-refractivity contribution in [3.05, 3.63) is 94.0 Å². The van der Waals surface area contributed by atoms with Crippen molar-refractivity contribution in [2.45, 2.75) is 37.8 Å². The Hall–Kier alpha value is -4.40. The summed E-state index contributed by atoms with van der Waals surface area (Å²) in [5.41, 5.74) is 6.41. The summed E-state index contributed by atoms with van der Waals surface area (Å²) in [6, 6.07) is 19.6. The number of aromatic hydroxyl groups is 2. The zero-order valence-electron chi connectivity index (χ0n) is 24.6. The standard InChI is InChI=1S/C35H36N2O6/c1-37-13-11-23-18-32(41-3)34(39)35-33(23)27(37)15-21-6-9-29(40-2)31(16-21)43-30-19-25-22(17-28(30)38)10-12-36-26(25)14-20-4-7-24(42-35)8-5-20/h4-9,16-19,26-27,36,38-39H,10-15H2,1-3H3. The Kier molecular flexibility index (Phi) is 7.03. The second kappa shape index (κ2) is 11.0. The normalized spacial score (nSPS) is 19.3. The average molecular weight is 581 g/mol. The number of hydrogen-bond donors (Lipinski definition) is 3. The van der Waals surface area contributed by atoms with Crippen molar-refractivity contribution >= 4 is 0 Å². The third-order valence-corrected chi connectivity index (χ3v) is 9.00. The van der Waals surface area contributed by atoms with Gasteiger partial charge in [-0.3, -0.25) is 4.90 Å². The van der Waals surface area contributed by atoms with Gasteiger partial charge in [0.25, 0.3) is 0 Å². The number of fused-ring (bicyclic) bond motifs is 2. The van der Waals surface area contributed by atoms with Gasteiger partial charge in [-0.25, -0.2) is 0 Å². The number of methoxy groups -OCH3 is 2. The number of rotatable bonds is 2. The van der Waals surface area contributed by atoms with Gasteiger partial charge in [0.15, 0.2) is 34.5 Å². The van der Waals surface area contributed by atoms with Crippen molar-refractivity contribution < 1.29 is 29.2 Å². The van der Waals surface area contributed by atoms with Crippen LogP contribution in [-0.2, 0) is 25.7 Å². The van der Waals surface area contributed by atoms with Crippen molar-refractivity contribution in [2.75, 3.05) is 34.4 Å². The van der Waals surface area contributed by atoms with Crippen molar-refractivity contribution in [1.29, 1.82) is 0 Å². The molecule has 3 N–H and O–H groups in total. The van der Waals surface area contributed by atoms with E-state index >= 15 is 0 Å². The number of nitrogens with one attached hydrogen (secondary N) is 1. The van der Waals surface area contributed by atoms with Crippen LogP contribution in [0.3, 0.4) is 0 Å². The molecule has 8 heteroatoms. The zero-order chi connectivity index (χ0) is 29.7. The van der Waals surface area contributed by atoms with Gasteiger partial charge in [-0.05, 0) is 110 Å². The topological polar surface area (TPSA) is 92.7 Å². The quantitative estimate of drug-likeness (QED) is 0.258. The maximum Gasteiger partial charge on any atom is 0.201 e. The molecule has 0 fully saturated rings. The first kappa shape index (κ1) is 27.4. The fourth-order valence-corrected chi connectivity index (χ4v) is 6.69. The summed E-state index contributed by atoms with van der Waals surface area (Å²) in [6.45, 7) is 1.67. The third-order valence-electron chi connectivity index (χ3n) is 9.00. The lowest BCUT2D eigenvalue weighted by Crippen LogP contribution is -2.33. The van der Waals surface area contributed by atoms with Crippen LogP contribution in [0.2, 0.25) is 0 Å². The molecule has 2 unspecified atom stereocenters. The highest BCUT2D eigenvalue weighted by Crippen LogP contribution is 2.50. The van der Waals surface area contributed by atoms with Crippen LogP contribution < -0.4 is 24.3 Å². The molecule has 4 aromatic carbocycles. The second-order valence-corrected chi connectivity index (χ2v) is 11.6. The molecule has 43 heavy (non-hydrogen) atoms. The predicted molar refractivity (Wildman–Crippen MR) is 163 cm³/mol. The highest BCUT2D eigenvalue weighted by Gasteiger charge is 2.33. The Morgan fingerprint density at radius 2 is 1.60 bits per heavy atom. The van der Waals surface area contributed by atoms with E-state index < -0.39 is 0 Å². The first-order valence-corrected chi connectivity index (χ1v) is 14.8.